The number of halogens is 1. The topological polar surface area (TPSA) is 45.1 Å². The maximum absolute atomic E-state index is 12.8. The van der Waals surface area contributed by atoms with Crippen molar-refractivity contribution in [3.8, 4) is 5.75 Å². The lowest BCUT2D eigenvalue weighted by atomic mass is 10.1. The van der Waals surface area contributed by atoms with Crippen LogP contribution in [0.25, 0.3) is 0 Å². The molecule has 0 aliphatic carbocycles. The largest absolute Gasteiger partial charge is 0.488 e. The number of aryl methyl sites for hydroxylation is 1. The molecule has 0 aromatic heterocycles. The average molecular weight is 496 g/mol. The smallest absolute Gasteiger partial charge is 0.198 e. The van der Waals surface area contributed by atoms with Crippen molar-refractivity contribution in [1.82, 2.24) is 0 Å². The van der Waals surface area contributed by atoms with Crippen LogP contribution < -0.4 is 14.6 Å². The number of hydrogen-bond acceptors (Lipinski definition) is 5. The van der Waals surface area contributed by atoms with E-state index in [-0.39, 0.29) is 5.78 Å². The Bertz CT molecular complexity index is 1390. The van der Waals surface area contributed by atoms with Crippen LogP contribution in [0.2, 0.25) is 5.02 Å². The maximum Gasteiger partial charge on any atom is 0.198 e. The predicted octanol–water partition coefficient (Wildman–Crippen LogP) is 7.16. The molecule has 0 saturated carbocycles. The van der Waals surface area contributed by atoms with Gasteiger partial charge in [0.1, 0.15) is 12.4 Å². The predicted molar refractivity (Wildman–Crippen MR) is 146 cm³/mol. The number of para-hydroxylation sites is 2. The highest BCUT2D eigenvalue weighted by molar-refractivity contribution is 6.44. The average Bonchev–Trinajstić information content (AvgIpc) is 3.30. The number of carbonyl (C=O) groups is 1. The third-order valence-corrected chi connectivity index (χ3v) is 6.31. The molecule has 0 spiro atoms. The second kappa shape index (κ2) is 10.3. The van der Waals surface area contributed by atoms with Crippen LogP contribution in [-0.2, 0) is 11.4 Å². The highest BCUT2D eigenvalue weighted by Gasteiger charge is 2.40. The van der Waals surface area contributed by atoms with Gasteiger partial charge >= 0.3 is 0 Å². The molecule has 0 unspecified atom stereocenters. The molecule has 4 aromatic carbocycles. The summed E-state index contributed by atoms with van der Waals surface area (Å²) in [6.45, 7) is 3.98. The molecular weight excluding hydrogens is 470 g/mol. The van der Waals surface area contributed by atoms with E-state index in [0.29, 0.717) is 17.5 Å². The quantitative estimate of drug-likeness (QED) is 0.273. The van der Waals surface area contributed by atoms with E-state index in [1.165, 1.54) is 0 Å². The Morgan fingerprint density at radius 2 is 1.53 bits per heavy atom. The summed E-state index contributed by atoms with van der Waals surface area (Å²) in [5.41, 5.74) is 4.81. The summed E-state index contributed by atoms with van der Waals surface area (Å²) in [5.74, 6) is 0.981. The third-order valence-electron chi connectivity index (χ3n) is 6.06. The molecule has 0 N–H and O–H groups in total. The number of hydrogen-bond donors (Lipinski definition) is 0. The number of anilines is 2. The van der Waals surface area contributed by atoms with Crippen LogP contribution in [0.5, 0.6) is 5.75 Å². The van der Waals surface area contributed by atoms with Gasteiger partial charge in [0, 0.05) is 23.2 Å². The van der Waals surface area contributed by atoms with Gasteiger partial charge in [0.2, 0.25) is 0 Å². The Labute approximate surface area is 216 Å². The Balaban J connectivity index is 1.60. The number of ether oxygens (including phenoxy) is 1. The minimum absolute atomic E-state index is 0.112. The number of amidine groups is 1. The molecule has 6 heteroatoms. The maximum atomic E-state index is 12.8. The molecule has 0 amide bonds. The fourth-order valence-electron chi connectivity index (χ4n) is 4.26. The normalized spacial score (nSPS) is 15.1. The summed E-state index contributed by atoms with van der Waals surface area (Å²) in [4.78, 5) is 14.8. The zero-order valence-electron chi connectivity index (χ0n) is 20.1. The van der Waals surface area contributed by atoms with Gasteiger partial charge in [-0.05, 0) is 55.0 Å². The molecule has 5 rings (SSSR count). The highest BCUT2D eigenvalue weighted by Crippen LogP contribution is 2.42. The molecule has 36 heavy (non-hydrogen) atoms. The van der Waals surface area contributed by atoms with Crippen molar-refractivity contribution < 1.29 is 9.53 Å². The SMILES string of the molecule is CC(=O)C1=NN(c2ccccc2)[C@H](c2ccccc2OCc2ccc(Cl)cc2)N1c1ccc(C)cc1. The van der Waals surface area contributed by atoms with Crippen molar-refractivity contribution in [2.45, 2.75) is 26.6 Å². The molecule has 0 fully saturated rings. The number of carbonyl (C=O) groups excluding carboxylic acids is 1. The summed E-state index contributed by atoms with van der Waals surface area (Å²) in [7, 11) is 0. The summed E-state index contributed by atoms with van der Waals surface area (Å²) < 4.78 is 6.33. The van der Waals surface area contributed by atoms with Gasteiger partial charge in [-0.3, -0.25) is 9.69 Å². The Hall–Kier alpha value is -4.09. The van der Waals surface area contributed by atoms with E-state index in [0.717, 1.165) is 33.8 Å². The third kappa shape index (κ3) is 4.83. The van der Waals surface area contributed by atoms with Gasteiger partial charge in [-0.25, -0.2) is 5.01 Å². The Morgan fingerprint density at radius 3 is 2.22 bits per heavy atom. The van der Waals surface area contributed by atoms with Crippen molar-refractivity contribution in [2.24, 2.45) is 5.10 Å². The van der Waals surface area contributed by atoms with Gasteiger partial charge in [-0.2, -0.15) is 0 Å². The highest BCUT2D eigenvalue weighted by atomic mass is 35.5. The summed E-state index contributed by atoms with van der Waals surface area (Å²) in [6, 6.07) is 33.5. The van der Waals surface area contributed by atoms with Crippen molar-refractivity contribution in [1.29, 1.82) is 0 Å². The van der Waals surface area contributed by atoms with E-state index < -0.39 is 6.17 Å². The Morgan fingerprint density at radius 1 is 0.861 bits per heavy atom. The molecule has 0 saturated heterocycles. The lowest BCUT2D eigenvalue weighted by molar-refractivity contribution is -0.111. The first kappa shape index (κ1) is 23.6. The van der Waals surface area contributed by atoms with E-state index in [9.17, 15) is 4.79 Å². The minimum Gasteiger partial charge on any atom is -0.488 e. The first-order valence-electron chi connectivity index (χ1n) is 11.8. The first-order chi connectivity index (χ1) is 17.5. The first-order valence-corrected chi connectivity index (χ1v) is 12.1. The minimum atomic E-state index is -0.421. The number of benzene rings is 4. The van der Waals surface area contributed by atoms with E-state index >= 15 is 0 Å². The molecule has 1 aliphatic rings. The second-order valence-electron chi connectivity index (χ2n) is 8.69. The van der Waals surface area contributed by atoms with Crippen LogP contribution in [0, 0.1) is 6.92 Å². The Kier molecular flexibility index (Phi) is 6.74. The van der Waals surface area contributed by atoms with E-state index in [2.05, 4.69) is 0 Å². The van der Waals surface area contributed by atoms with Gasteiger partial charge in [0.05, 0.1) is 5.69 Å². The molecule has 1 aliphatic heterocycles. The van der Waals surface area contributed by atoms with E-state index in [4.69, 9.17) is 21.4 Å². The fraction of sp³-hybridized carbons (Fsp3) is 0.133. The number of ketones is 1. The molecule has 5 nitrogen and oxygen atoms in total. The van der Waals surface area contributed by atoms with Gasteiger partial charge < -0.3 is 4.74 Å². The van der Waals surface area contributed by atoms with Gasteiger partial charge in [0.25, 0.3) is 0 Å². The van der Waals surface area contributed by atoms with Gasteiger partial charge in [0.15, 0.2) is 17.8 Å². The second-order valence-corrected chi connectivity index (χ2v) is 9.13. The molecule has 1 heterocycles. The number of rotatable bonds is 7. The fourth-order valence-corrected chi connectivity index (χ4v) is 4.38. The van der Waals surface area contributed by atoms with E-state index in [1.54, 1.807) is 6.92 Å². The molecular formula is C30H26ClN3O2. The van der Waals surface area contributed by atoms with Crippen LogP contribution in [0.4, 0.5) is 11.4 Å². The van der Waals surface area contributed by atoms with Crippen LogP contribution in [0.15, 0.2) is 108 Å². The van der Waals surface area contributed by atoms with Crippen molar-refractivity contribution >= 4 is 34.6 Å². The van der Waals surface area contributed by atoms with Crippen molar-refractivity contribution in [2.75, 3.05) is 9.91 Å². The molecule has 180 valence electrons. The van der Waals surface area contributed by atoms with Crippen LogP contribution in [-0.4, -0.2) is 11.6 Å². The van der Waals surface area contributed by atoms with E-state index in [1.807, 2.05) is 120 Å². The van der Waals surface area contributed by atoms with Crippen molar-refractivity contribution in [3.05, 3.63) is 125 Å². The van der Waals surface area contributed by atoms with Crippen LogP contribution in [0.1, 0.15) is 29.8 Å². The monoisotopic (exact) mass is 495 g/mol. The van der Waals surface area contributed by atoms with Crippen LogP contribution >= 0.6 is 11.6 Å². The summed E-state index contributed by atoms with van der Waals surface area (Å²) >= 11 is 6.05. The zero-order chi connectivity index (χ0) is 25.1. The number of nitrogens with zero attached hydrogens (tertiary/aromatic N) is 3. The summed E-state index contributed by atoms with van der Waals surface area (Å²) in [5, 5.41) is 7.40. The lowest BCUT2D eigenvalue weighted by Gasteiger charge is -2.33. The summed E-state index contributed by atoms with van der Waals surface area (Å²) in [6.07, 6.45) is -0.421. The number of hydrazone groups is 1. The number of Topliss-reactive ketones (excluding diaryl/α,β-unsaturated/α-hetero) is 1. The van der Waals surface area contributed by atoms with Gasteiger partial charge in [-0.15, -0.1) is 5.10 Å². The van der Waals surface area contributed by atoms with Crippen LogP contribution in [0.3, 0.4) is 0 Å². The zero-order valence-corrected chi connectivity index (χ0v) is 20.9. The molecule has 4 aromatic rings. The van der Waals surface area contributed by atoms with Gasteiger partial charge in [-0.1, -0.05) is 77.8 Å². The molecule has 1 atom stereocenters. The standard InChI is InChI=1S/C30H26ClN3O2/c1-21-12-18-25(19-13-21)33-29(22(2)35)32-34(26-8-4-3-5-9-26)30(33)27-10-6-7-11-28(27)36-20-23-14-16-24(31)17-15-23/h3-19,30H,20H2,1-2H3/t30-/m1/s1. The van der Waals surface area contributed by atoms with Crippen molar-refractivity contribution in [3.63, 3.8) is 0 Å². The lowest BCUT2D eigenvalue weighted by Crippen LogP contribution is -2.38. The molecule has 0 radical (unpaired) electrons. The molecule has 0 bridgehead atoms.